The number of nitrogens with one attached hydrogen (secondary N) is 1. The Kier molecular flexibility index (Phi) is 4.81. The SMILES string of the molecule is COc1ccc(CCNC(=O)c2nc(-c3ccncc3)no2)cc1. The van der Waals surface area contributed by atoms with E-state index in [9.17, 15) is 4.79 Å². The summed E-state index contributed by atoms with van der Waals surface area (Å²) in [5.74, 6) is 0.711. The summed E-state index contributed by atoms with van der Waals surface area (Å²) in [5.41, 5.74) is 1.84. The van der Waals surface area contributed by atoms with Gasteiger partial charge < -0.3 is 14.6 Å². The second-order valence-electron chi connectivity index (χ2n) is 5.01. The van der Waals surface area contributed by atoms with Gasteiger partial charge in [0.2, 0.25) is 5.82 Å². The number of ether oxygens (including phenoxy) is 1. The van der Waals surface area contributed by atoms with E-state index in [4.69, 9.17) is 9.26 Å². The van der Waals surface area contributed by atoms with E-state index in [1.807, 2.05) is 24.3 Å². The highest BCUT2D eigenvalue weighted by atomic mass is 16.5. The molecule has 3 rings (SSSR count). The molecule has 3 aromatic rings. The number of benzene rings is 1. The summed E-state index contributed by atoms with van der Waals surface area (Å²) < 4.78 is 10.1. The summed E-state index contributed by atoms with van der Waals surface area (Å²) in [6, 6.07) is 11.2. The summed E-state index contributed by atoms with van der Waals surface area (Å²) in [4.78, 5) is 20.1. The van der Waals surface area contributed by atoms with Gasteiger partial charge in [-0.3, -0.25) is 9.78 Å². The first-order chi connectivity index (χ1) is 11.8. The van der Waals surface area contributed by atoms with E-state index in [2.05, 4.69) is 20.4 Å². The quantitative estimate of drug-likeness (QED) is 0.747. The van der Waals surface area contributed by atoms with Crippen LogP contribution in [-0.2, 0) is 6.42 Å². The number of aromatic nitrogens is 3. The molecule has 0 aliphatic rings. The first-order valence-corrected chi connectivity index (χ1v) is 7.41. The minimum Gasteiger partial charge on any atom is -0.497 e. The van der Waals surface area contributed by atoms with Crippen LogP contribution in [0.25, 0.3) is 11.4 Å². The first-order valence-electron chi connectivity index (χ1n) is 7.41. The minimum atomic E-state index is -0.392. The maximum absolute atomic E-state index is 12.0. The van der Waals surface area contributed by atoms with Gasteiger partial charge >= 0.3 is 11.8 Å². The number of methoxy groups -OCH3 is 1. The van der Waals surface area contributed by atoms with Crippen molar-refractivity contribution in [1.82, 2.24) is 20.4 Å². The van der Waals surface area contributed by atoms with E-state index in [1.165, 1.54) is 0 Å². The maximum atomic E-state index is 12.0. The van der Waals surface area contributed by atoms with Crippen molar-refractivity contribution in [2.45, 2.75) is 6.42 Å². The average molecular weight is 324 g/mol. The average Bonchev–Trinajstić information content (AvgIpc) is 3.13. The zero-order chi connectivity index (χ0) is 16.8. The molecule has 0 radical (unpaired) electrons. The molecule has 0 spiro atoms. The molecule has 0 saturated heterocycles. The summed E-state index contributed by atoms with van der Waals surface area (Å²) in [6.07, 6.45) is 3.95. The lowest BCUT2D eigenvalue weighted by Crippen LogP contribution is -2.26. The van der Waals surface area contributed by atoms with E-state index >= 15 is 0 Å². The zero-order valence-electron chi connectivity index (χ0n) is 13.1. The Bertz CT molecular complexity index is 800. The molecule has 7 nitrogen and oxygen atoms in total. The van der Waals surface area contributed by atoms with Crippen molar-refractivity contribution in [3.63, 3.8) is 0 Å². The third-order valence-corrected chi connectivity index (χ3v) is 3.42. The van der Waals surface area contributed by atoms with Gasteiger partial charge in [0.05, 0.1) is 7.11 Å². The number of carbonyl (C=O) groups is 1. The van der Waals surface area contributed by atoms with Crippen molar-refractivity contribution in [2.75, 3.05) is 13.7 Å². The second-order valence-corrected chi connectivity index (χ2v) is 5.01. The van der Waals surface area contributed by atoms with Gasteiger partial charge in [0.1, 0.15) is 5.75 Å². The highest BCUT2D eigenvalue weighted by Gasteiger charge is 2.15. The first kappa shape index (κ1) is 15.7. The standard InChI is InChI=1S/C17H16N4O3/c1-23-14-4-2-12(3-5-14)6-11-19-16(22)17-20-15(21-24-17)13-7-9-18-10-8-13/h2-5,7-10H,6,11H2,1H3,(H,19,22). The fourth-order valence-corrected chi connectivity index (χ4v) is 2.12. The van der Waals surface area contributed by atoms with Crippen LogP contribution < -0.4 is 10.1 Å². The largest absolute Gasteiger partial charge is 0.497 e. The fourth-order valence-electron chi connectivity index (χ4n) is 2.12. The molecule has 2 aromatic heterocycles. The van der Waals surface area contributed by atoms with Crippen LogP contribution in [0.15, 0.2) is 53.3 Å². The van der Waals surface area contributed by atoms with Crippen LogP contribution in [0.3, 0.4) is 0 Å². The Morgan fingerprint density at radius 2 is 1.92 bits per heavy atom. The van der Waals surface area contributed by atoms with Crippen molar-refractivity contribution in [1.29, 1.82) is 0 Å². The summed E-state index contributed by atoms with van der Waals surface area (Å²) in [7, 11) is 1.62. The topological polar surface area (TPSA) is 90.1 Å². The van der Waals surface area contributed by atoms with E-state index in [-0.39, 0.29) is 5.89 Å². The van der Waals surface area contributed by atoms with Gasteiger partial charge in [-0.05, 0) is 36.2 Å². The predicted molar refractivity (Wildman–Crippen MR) is 86.6 cm³/mol. The third kappa shape index (κ3) is 3.75. The van der Waals surface area contributed by atoms with Crippen LogP contribution in [0.4, 0.5) is 0 Å². The molecule has 1 N–H and O–H groups in total. The van der Waals surface area contributed by atoms with Crippen LogP contribution in [0.1, 0.15) is 16.2 Å². The molecule has 0 aliphatic carbocycles. The van der Waals surface area contributed by atoms with Crippen molar-refractivity contribution < 1.29 is 14.1 Å². The van der Waals surface area contributed by atoms with Crippen molar-refractivity contribution in [3.05, 3.63) is 60.2 Å². The van der Waals surface area contributed by atoms with Gasteiger partial charge in [-0.1, -0.05) is 17.3 Å². The molecule has 7 heteroatoms. The molecular formula is C17H16N4O3. The molecule has 0 bridgehead atoms. The van der Waals surface area contributed by atoms with E-state index in [0.717, 1.165) is 16.9 Å². The number of pyridine rings is 1. The number of hydrogen-bond donors (Lipinski definition) is 1. The van der Waals surface area contributed by atoms with Crippen molar-refractivity contribution >= 4 is 5.91 Å². The third-order valence-electron chi connectivity index (χ3n) is 3.42. The molecule has 1 amide bonds. The number of carbonyl (C=O) groups excluding carboxylic acids is 1. The molecule has 0 unspecified atom stereocenters. The van der Waals surface area contributed by atoms with E-state index < -0.39 is 5.91 Å². The lowest BCUT2D eigenvalue weighted by Gasteiger charge is -2.04. The molecule has 0 aliphatic heterocycles. The minimum absolute atomic E-state index is 0.0588. The molecule has 122 valence electrons. The highest BCUT2D eigenvalue weighted by Crippen LogP contribution is 2.14. The Hall–Kier alpha value is -3.22. The Labute approximate surface area is 138 Å². The summed E-state index contributed by atoms with van der Waals surface area (Å²) in [6.45, 7) is 0.470. The molecule has 2 heterocycles. The van der Waals surface area contributed by atoms with Gasteiger partial charge in [-0.25, -0.2) is 0 Å². The van der Waals surface area contributed by atoms with Gasteiger partial charge in [-0.15, -0.1) is 0 Å². The van der Waals surface area contributed by atoms with E-state index in [1.54, 1.807) is 31.6 Å². The molecule has 24 heavy (non-hydrogen) atoms. The Balaban J connectivity index is 1.54. The zero-order valence-corrected chi connectivity index (χ0v) is 13.1. The number of rotatable bonds is 6. The highest BCUT2D eigenvalue weighted by molar-refractivity contribution is 5.89. The van der Waals surface area contributed by atoms with Crippen molar-refractivity contribution in [2.24, 2.45) is 0 Å². The maximum Gasteiger partial charge on any atom is 0.316 e. The lowest BCUT2D eigenvalue weighted by molar-refractivity contribution is 0.0910. The van der Waals surface area contributed by atoms with Crippen LogP contribution in [0.5, 0.6) is 5.75 Å². The molecule has 0 atom stereocenters. The Morgan fingerprint density at radius 1 is 1.17 bits per heavy atom. The lowest BCUT2D eigenvalue weighted by atomic mass is 10.1. The summed E-state index contributed by atoms with van der Waals surface area (Å²) >= 11 is 0. The van der Waals surface area contributed by atoms with Crippen LogP contribution >= 0.6 is 0 Å². The number of nitrogens with zero attached hydrogens (tertiary/aromatic N) is 3. The monoisotopic (exact) mass is 324 g/mol. The van der Waals surface area contributed by atoms with Gasteiger partial charge in [0, 0.05) is 24.5 Å². The number of amides is 1. The van der Waals surface area contributed by atoms with Crippen LogP contribution in [-0.4, -0.2) is 34.7 Å². The van der Waals surface area contributed by atoms with E-state index in [0.29, 0.717) is 18.8 Å². The second kappa shape index (κ2) is 7.36. The molecule has 0 saturated carbocycles. The van der Waals surface area contributed by atoms with Crippen molar-refractivity contribution in [3.8, 4) is 17.1 Å². The van der Waals surface area contributed by atoms with Crippen LogP contribution in [0.2, 0.25) is 0 Å². The van der Waals surface area contributed by atoms with Gasteiger partial charge in [-0.2, -0.15) is 4.98 Å². The fraction of sp³-hybridized carbons (Fsp3) is 0.176. The normalized spacial score (nSPS) is 10.4. The molecular weight excluding hydrogens is 308 g/mol. The van der Waals surface area contributed by atoms with Gasteiger partial charge in [0.25, 0.3) is 0 Å². The molecule has 0 fully saturated rings. The number of hydrogen-bond acceptors (Lipinski definition) is 6. The smallest absolute Gasteiger partial charge is 0.316 e. The predicted octanol–water partition coefficient (Wildman–Crippen LogP) is 2.11. The van der Waals surface area contributed by atoms with Gasteiger partial charge in [0.15, 0.2) is 0 Å². The molecule has 1 aromatic carbocycles. The summed E-state index contributed by atoms with van der Waals surface area (Å²) in [5, 5.41) is 6.57. The Morgan fingerprint density at radius 3 is 2.62 bits per heavy atom. The van der Waals surface area contributed by atoms with Crippen LogP contribution in [0, 0.1) is 0 Å².